The molecule has 0 heterocycles. The van der Waals surface area contributed by atoms with Crippen molar-refractivity contribution in [1.29, 1.82) is 0 Å². The lowest BCUT2D eigenvalue weighted by Gasteiger charge is -2.18. The number of unbranched alkanes of at least 4 members (excludes halogenated alkanes) is 44. The van der Waals surface area contributed by atoms with Gasteiger partial charge in [-0.2, -0.15) is 0 Å². The Morgan fingerprint density at radius 2 is 0.487 bits per heavy atom. The van der Waals surface area contributed by atoms with E-state index in [1.54, 1.807) is 0 Å². The second kappa shape index (κ2) is 68.6. The summed E-state index contributed by atoms with van der Waals surface area (Å²) >= 11 is 0. The van der Waals surface area contributed by atoms with E-state index >= 15 is 0 Å². The zero-order valence-corrected chi connectivity index (χ0v) is 53.6. The molecule has 80 heavy (non-hydrogen) atoms. The van der Waals surface area contributed by atoms with Crippen LogP contribution in [0.1, 0.15) is 374 Å². The van der Waals surface area contributed by atoms with Crippen LogP contribution in [0.5, 0.6) is 0 Å². The molecule has 1 atom stereocenters. The van der Waals surface area contributed by atoms with Crippen molar-refractivity contribution in [1.82, 2.24) is 0 Å². The van der Waals surface area contributed by atoms with E-state index in [1.165, 1.54) is 250 Å². The standard InChI is InChI=1S/C74H134O6/c1-4-7-10-13-16-19-22-25-27-29-31-33-35-37-39-41-43-45-47-49-52-55-58-61-64-67-73(76)79-70-71(69-78-72(75)66-63-60-57-54-51-24-21-18-15-12-9-6-3)80-74(77)68-65-62-59-56-53-50-48-46-44-42-40-38-36-34-32-30-28-26-23-20-17-14-11-8-5-2/h7,10,16,19,25,27,30-33,71H,4-6,8-9,11-15,17-18,20-24,26,28-29,34-70H2,1-3H3/b10-7-,19-16-,27-25-,32-30-,33-31-. The molecule has 0 aromatic heterocycles. The summed E-state index contributed by atoms with van der Waals surface area (Å²) in [6, 6.07) is 0. The van der Waals surface area contributed by atoms with Gasteiger partial charge in [-0.05, 0) is 83.5 Å². The number of hydrogen-bond acceptors (Lipinski definition) is 6. The smallest absolute Gasteiger partial charge is 0.306 e. The van der Waals surface area contributed by atoms with Gasteiger partial charge in [0, 0.05) is 19.3 Å². The quantitative estimate of drug-likeness (QED) is 0.0261. The number of hydrogen-bond donors (Lipinski definition) is 0. The molecule has 0 aromatic carbocycles. The van der Waals surface area contributed by atoms with E-state index in [-0.39, 0.29) is 31.1 Å². The van der Waals surface area contributed by atoms with Crippen LogP contribution in [0, 0.1) is 0 Å². The first-order chi connectivity index (χ1) is 39.5. The summed E-state index contributed by atoms with van der Waals surface area (Å²) in [4.78, 5) is 38.4. The van der Waals surface area contributed by atoms with Gasteiger partial charge < -0.3 is 14.2 Å². The van der Waals surface area contributed by atoms with Gasteiger partial charge in [0.25, 0.3) is 0 Å². The minimum Gasteiger partial charge on any atom is -0.462 e. The van der Waals surface area contributed by atoms with E-state index in [4.69, 9.17) is 14.2 Å². The lowest BCUT2D eigenvalue weighted by Crippen LogP contribution is -2.30. The van der Waals surface area contributed by atoms with Gasteiger partial charge >= 0.3 is 17.9 Å². The van der Waals surface area contributed by atoms with E-state index < -0.39 is 6.10 Å². The Morgan fingerprint density at radius 3 is 0.775 bits per heavy atom. The molecule has 0 amide bonds. The third-order valence-electron chi connectivity index (χ3n) is 15.8. The maximum absolute atomic E-state index is 13.0. The van der Waals surface area contributed by atoms with Crippen LogP contribution in [-0.2, 0) is 28.6 Å². The molecule has 0 aliphatic rings. The first-order valence-electron chi connectivity index (χ1n) is 35.3. The number of ether oxygens (including phenoxy) is 3. The predicted molar refractivity (Wildman–Crippen MR) is 348 cm³/mol. The second-order valence-electron chi connectivity index (χ2n) is 23.8. The van der Waals surface area contributed by atoms with Crippen LogP contribution in [0.4, 0.5) is 0 Å². The Balaban J connectivity index is 4.23. The van der Waals surface area contributed by atoms with Crippen molar-refractivity contribution in [2.75, 3.05) is 13.2 Å². The van der Waals surface area contributed by atoms with Crippen LogP contribution in [-0.4, -0.2) is 37.2 Å². The summed E-state index contributed by atoms with van der Waals surface area (Å²) in [6.07, 6.45) is 88.2. The number of carbonyl (C=O) groups is 3. The van der Waals surface area contributed by atoms with E-state index in [1.807, 2.05) is 0 Å². The van der Waals surface area contributed by atoms with Gasteiger partial charge in [-0.3, -0.25) is 14.4 Å². The first-order valence-corrected chi connectivity index (χ1v) is 35.3. The maximum atomic E-state index is 13.0. The van der Waals surface area contributed by atoms with Crippen molar-refractivity contribution in [2.24, 2.45) is 0 Å². The highest BCUT2D eigenvalue weighted by Crippen LogP contribution is 2.18. The normalized spacial score (nSPS) is 12.4. The van der Waals surface area contributed by atoms with Crippen LogP contribution < -0.4 is 0 Å². The maximum Gasteiger partial charge on any atom is 0.306 e. The molecule has 0 rings (SSSR count). The molecule has 0 aliphatic carbocycles. The number of rotatable bonds is 65. The molecule has 0 saturated heterocycles. The summed E-state index contributed by atoms with van der Waals surface area (Å²) in [5, 5.41) is 0. The highest BCUT2D eigenvalue weighted by Gasteiger charge is 2.19. The van der Waals surface area contributed by atoms with Gasteiger partial charge in [-0.1, -0.05) is 332 Å². The Morgan fingerprint density at radius 1 is 0.263 bits per heavy atom. The van der Waals surface area contributed by atoms with Crippen LogP contribution in [0.25, 0.3) is 0 Å². The minimum absolute atomic E-state index is 0.0696. The molecule has 0 fully saturated rings. The molecule has 466 valence electrons. The van der Waals surface area contributed by atoms with E-state index in [0.29, 0.717) is 19.3 Å². The molecule has 0 aliphatic heterocycles. The van der Waals surface area contributed by atoms with Crippen molar-refractivity contribution in [3.05, 3.63) is 60.8 Å². The van der Waals surface area contributed by atoms with Crippen molar-refractivity contribution >= 4 is 17.9 Å². The fourth-order valence-electron chi connectivity index (χ4n) is 10.5. The molecule has 0 N–H and O–H groups in total. The fraction of sp³-hybridized carbons (Fsp3) is 0.824. The number of carbonyl (C=O) groups excluding carboxylic acids is 3. The molecule has 6 heteroatoms. The Hall–Kier alpha value is -2.89. The van der Waals surface area contributed by atoms with Crippen molar-refractivity contribution in [2.45, 2.75) is 380 Å². The molecular weight excluding hydrogens is 985 g/mol. The van der Waals surface area contributed by atoms with Crippen molar-refractivity contribution < 1.29 is 28.6 Å². The molecule has 6 nitrogen and oxygen atoms in total. The van der Waals surface area contributed by atoms with Crippen LogP contribution in [0.2, 0.25) is 0 Å². The molecule has 0 spiro atoms. The van der Waals surface area contributed by atoms with Gasteiger partial charge in [-0.15, -0.1) is 0 Å². The van der Waals surface area contributed by atoms with E-state index in [2.05, 4.69) is 81.5 Å². The van der Waals surface area contributed by atoms with E-state index in [0.717, 1.165) is 83.5 Å². The topological polar surface area (TPSA) is 78.9 Å². The lowest BCUT2D eigenvalue weighted by atomic mass is 10.0. The predicted octanol–water partition coefficient (Wildman–Crippen LogP) is 24.3. The van der Waals surface area contributed by atoms with Crippen molar-refractivity contribution in [3.63, 3.8) is 0 Å². The van der Waals surface area contributed by atoms with Crippen LogP contribution in [0.15, 0.2) is 60.8 Å². The van der Waals surface area contributed by atoms with Crippen LogP contribution in [0.3, 0.4) is 0 Å². The molecule has 0 bridgehead atoms. The first kappa shape index (κ1) is 77.1. The zero-order valence-electron chi connectivity index (χ0n) is 53.6. The number of esters is 3. The van der Waals surface area contributed by atoms with E-state index in [9.17, 15) is 14.4 Å². The van der Waals surface area contributed by atoms with Crippen LogP contribution >= 0.6 is 0 Å². The third-order valence-corrected chi connectivity index (χ3v) is 15.8. The highest BCUT2D eigenvalue weighted by molar-refractivity contribution is 5.71. The largest absolute Gasteiger partial charge is 0.462 e. The molecule has 0 saturated carbocycles. The molecular formula is C74H134O6. The Kier molecular flexibility index (Phi) is 66.1. The second-order valence-corrected chi connectivity index (χ2v) is 23.8. The molecule has 0 aromatic rings. The van der Waals surface area contributed by atoms with Gasteiger partial charge in [0.1, 0.15) is 13.2 Å². The summed E-state index contributed by atoms with van der Waals surface area (Å²) in [5.41, 5.74) is 0. The Labute approximate surface area is 498 Å². The summed E-state index contributed by atoms with van der Waals surface area (Å²) in [7, 11) is 0. The van der Waals surface area contributed by atoms with Gasteiger partial charge in [-0.25, -0.2) is 0 Å². The monoisotopic (exact) mass is 1120 g/mol. The third kappa shape index (κ3) is 65.9. The zero-order chi connectivity index (χ0) is 57.8. The lowest BCUT2D eigenvalue weighted by molar-refractivity contribution is -0.167. The SMILES string of the molecule is CC/C=C\C/C=C\C/C=C\C/C=C\CCCCCCCCCCCCCCC(=O)OCC(COC(=O)CCCCCCCCCCCCCC)OC(=O)CCCCCCCCCCCCCCC/C=C\CCCCCCCCCC. The van der Waals surface area contributed by atoms with Crippen molar-refractivity contribution in [3.8, 4) is 0 Å². The number of allylic oxidation sites excluding steroid dienone is 10. The molecule has 0 radical (unpaired) electrons. The average molecular weight is 1120 g/mol. The van der Waals surface area contributed by atoms with Gasteiger partial charge in [0.2, 0.25) is 0 Å². The Bertz CT molecular complexity index is 1430. The molecule has 1 unspecified atom stereocenters. The van der Waals surface area contributed by atoms with Gasteiger partial charge in [0.05, 0.1) is 0 Å². The minimum atomic E-state index is -0.773. The highest BCUT2D eigenvalue weighted by atomic mass is 16.6. The average Bonchev–Trinajstić information content (AvgIpc) is 3.46. The van der Waals surface area contributed by atoms with Gasteiger partial charge in [0.15, 0.2) is 6.10 Å². The summed E-state index contributed by atoms with van der Waals surface area (Å²) in [5.74, 6) is -0.848. The fourth-order valence-corrected chi connectivity index (χ4v) is 10.5. The summed E-state index contributed by atoms with van der Waals surface area (Å²) < 4.78 is 17.0. The summed E-state index contributed by atoms with van der Waals surface area (Å²) in [6.45, 7) is 6.58.